The van der Waals surface area contributed by atoms with Crippen molar-refractivity contribution in [2.45, 2.75) is 43.4 Å². The van der Waals surface area contributed by atoms with Crippen molar-refractivity contribution in [3.8, 4) is 17.2 Å². The number of para-hydroxylation sites is 1. The Balaban J connectivity index is 1.98. The highest BCUT2D eigenvalue weighted by Gasteiger charge is 2.24. The van der Waals surface area contributed by atoms with Crippen LogP contribution in [0.3, 0.4) is 0 Å². The molecule has 1 aromatic heterocycles. The van der Waals surface area contributed by atoms with Gasteiger partial charge < -0.3 is 5.32 Å². The molecule has 3 rings (SSSR count). The number of nitriles is 1. The van der Waals surface area contributed by atoms with E-state index in [1.54, 1.807) is 0 Å². The summed E-state index contributed by atoms with van der Waals surface area (Å²) < 4.78 is 0. The minimum Gasteiger partial charge on any atom is -0.325 e. The van der Waals surface area contributed by atoms with Crippen LogP contribution >= 0.6 is 11.8 Å². The molecule has 0 saturated carbocycles. The molecule has 1 heterocycles. The third kappa shape index (κ3) is 5.08. The van der Waals surface area contributed by atoms with Crippen molar-refractivity contribution in [3.05, 3.63) is 78.0 Å². The molecule has 3 aromatic rings. The zero-order chi connectivity index (χ0) is 21.7. The lowest BCUT2D eigenvalue weighted by molar-refractivity contribution is -0.115. The number of nitrogens with zero attached hydrogens (tertiary/aromatic N) is 2. The summed E-state index contributed by atoms with van der Waals surface area (Å²) >= 11 is 1.32. The van der Waals surface area contributed by atoms with Gasteiger partial charge in [0.15, 0.2) is 0 Å². The van der Waals surface area contributed by atoms with Crippen molar-refractivity contribution in [3.63, 3.8) is 0 Å². The Morgan fingerprint density at radius 2 is 1.67 bits per heavy atom. The Kier molecular flexibility index (Phi) is 6.59. The molecule has 2 aromatic carbocycles. The number of hydrogen-bond acceptors (Lipinski definition) is 4. The quantitative estimate of drug-likeness (QED) is 0.516. The number of benzene rings is 2. The van der Waals surface area contributed by atoms with E-state index in [2.05, 4.69) is 32.2 Å². The van der Waals surface area contributed by atoms with Gasteiger partial charge in [0.2, 0.25) is 5.91 Å². The highest BCUT2D eigenvalue weighted by atomic mass is 32.2. The number of carbonyl (C=O) groups is 1. The highest BCUT2D eigenvalue weighted by molar-refractivity contribution is 8.00. The van der Waals surface area contributed by atoms with Crippen molar-refractivity contribution in [1.29, 1.82) is 5.26 Å². The number of amides is 1. The smallest absolute Gasteiger partial charge is 0.237 e. The van der Waals surface area contributed by atoms with Crippen LogP contribution in [0, 0.1) is 11.3 Å². The number of anilines is 1. The predicted molar refractivity (Wildman–Crippen MR) is 123 cm³/mol. The molecule has 0 fully saturated rings. The molecule has 5 heteroatoms. The minimum absolute atomic E-state index is 0.126. The average Bonchev–Trinajstić information content (AvgIpc) is 2.73. The molecule has 0 aliphatic heterocycles. The van der Waals surface area contributed by atoms with Crippen LogP contribution in [-0.2, 0) is 10.2 Å². The molecule has 1 N–H and O–H groups in total. The molecule has 152 valence electrons. The van der Waals surface area contributed by atoms with E-state index in [4.69, 9.17) is 4.98 Å². The van der Waals surface area contributed by atoms with Gasteiger partial charge in [-0.1, -0.05) is 81.1 Å². The first-order valence-corrected chi connectivity index (χ1v) is 10.7. The fourth-order valence-corrected chi connectivity index (χ4v) is 3.86. The molecule has 0 bridgehead atoms. The maximum Gasteiger partial charge on any atom is 0.237 e. The molecule has 0 saturated heterocycles. The summed E-state index contributed by atoms with van der Waals surface area (Å²) in [5, 5.41) is 13.0. The van der Waals surface area contributed by atoms with E-state index in [-0.39, 0.29) is 11.3 Å². The SMILES string of the molecule is C[C@@H](Sc1nc(C(C)(C)C)cc(-c2ccccc2)c1C#N)C(=O)Nc1ccccc1. The maximum atomic E-state index is 12.7. The van der Waals surface area contributed by atoms with Gasteiger partial charge >= 0.3 is 0 Å². The number of aromatic nitrogens is 1. The van der Waals surface area contributed by atoms with Crippen molar-refractivity contribution >= 4 is 23.4 Å². The molecule has 1 amide bonds. The van der Waals surface area contributed by atoms with Gasteiger partial charge in [0.1, 0.15) is 11.1 Å². The lowest BCUT2D eigenvalue weighted by Gasteiger charge is -2.22. The van der Waals surface area contributed by atoms with Crippen LogP contribution in [0.1, 0.15) is 39.0 Å². The number of rotatable bonds is 5. The van der Waals surface area contributed by atoms with Crippen LogP contribution in [-0.4, -0.2) is 16.1 Å². The van der Waals surface area contributed by atoms with Gasteiger partial charge in [-0.05, 0) is 30.7 Å². The van der Waals surface area contributed by atoms with Crippen LogP contribution in [0.4, 0.5) is 5.69 Å². The first-order chi connectivity index (χ1) is 14.3. The van der Waals surface area contributed by atoms with Crippen LogP contribution in [0.2, 0.25) is 0 Å². The third-order valence-electron chi connectivity index (χ3n) is 4.65. The van der Waals surface area contributed by atoms with Crippen LogP contribution in [0.5, 0.6) is 0 Å². The first-order valence-electron chi connectivity index (χ1n) is 9.83. The molecule has 0 unspecified atom stereocenters. The zero-order valence-corrected chi connectivity index (χ0v) is 18.5. The largest absolute Gasteiger partial charge is 0.325 e. The number of thioether (sulfide) groups is 1. The normalized spacial score (nSPS) is 12.1. The summed E-state index contributed by atoms with van der Waals surface area (Å²) in [6.45, 7) is 8.11. The Bertz CT molecular complexity index is 1070. The van der Waals surface area contributed by atoms with Crippen LogP contribution in [0.25, 0.3) is 11.1 Å². The van der Waals surface area contributed by atoms with E-state index in [1.165, 1.54) is 11.8 Å². The Labute approximate surface area is 182 Å². The standard InChI is InChI=1S/C25H25N3OS/c1-17(23(29)27-19-13-9-6-10-14-19)30-24-21(16-26)20(18-11-7-5-8-12-18)15-22(28-24)25(2,3)4/h5-15,17H,1-4H3,(H,27,29)/t17-/m1/s1. The minimum atomic E-state index is -0.413. The lowest BCUT2D eigenvalue weighted by Crippen LogP contribution is -2.23. The molecular formula is C25H25N3OS. The van der Waals surface area contributed by atoms with Crippen molar-refractivity contribution in [2.75, 3.05) is 5.32 Å². The fourth-order valence-electron chi connectivity index (χ4n) is 2.93. The summed E-state index contributed by atoms with van der Waals surface area (Å²) in [4.78, 5) is 17.5. The molecule has 0 aliphatic rings. The molecule has 4 nitrogen and oxygen atoms in total. The van der Waals surface area contributed by atoms with E-state index in [1.807, 2.05) is 73.7 Å². The Morgan fingerprint density at radius 3 is 2.23 bits per heavy atom. The summed E-state index contributed by atoms with van der Waals surface area (Å²) in [7, 11) is 0. The zero-order valence-electron chi connectivity index (χ0n) is 17.6. The van der Waals surface area contributed by atoms with Crippen LogP contribution < -0.4 is 5.32 Å². The molecule has 1 atom stereocenters. The second-order valence-electron chi connectivity index (χ2n) is 8.08. The molecule has 0 radical (unpaired) electrons. The van der Waals surface area contributed by atoms with E-state index >= 15 is 0 Å². The predicted octanol–water partition coefficient (Wildman–Crippen LogP) is 6.04. The number of pyridine rings is 1. The number of nitrogens with one attached hydrogen (secondary N) is 1. The lowest BCUT2D eigenvalue weighted by atomic mass is 9.89. The van der Waals surface area contributed by atoms with Gasteiger partial charge in [-0.25, -0.2) is 4.98 Å². The van der Waals surface area contributed by atoms with Crippen molar-refractivity contribution < 1.29 is 4.79 Å². The van der Waals surface area contributed by atoms with E-state index in [0.717, 1.165) is 22.5 Å². The van der Waals surface area contributed by atoms with Gasteiger partial charge in [0.05, 0.1) is 10.8 Å². The Morgan fingerprint density at radius 1 is 1.07 bits per heavy atom. The fraction of sp³-hybridized carbons (Fsp3) is 0.240. The van der Waals surface area contributed by atoms with Crippen molar-refractivity contribution in [1.82, 2.24) is 4.98 Å². The van der Waals surface area contributed by atoms with E-state index in [0.29, 0.717) is 10.6 Å². The highest BCUT2D eigenvalue weighted by Crippen LogP contribution is 2.36. The molecule has 0 spiro atoms. The monoisotopic (exact) mass is 415 g/mol. The van der Waals surface area contributed by atoms with Gasteiger partial charge in [-0.3, -0.25) is 4.79 Å². The molecular weight excluding hydrogens is 390 g/mol. The van der Waals surface area contributed by atoms with Gasteiger partial charge in [0.25, 0.3) is 0 Å². The second-order valence-corrected chi connectivity index (χ2v) is 9.41. The third-order valence-corrected chi connectivity index (χ3v) is 5.74. The molecule has 0 aliphatic carbocycles. The van der Waals surface area contributed by atoms with Gasteiger partial charge in [-0.15, -0.1) is 0 Å². The first kappa shape index (κ1) is 21.6. The Hall–Kier alpha value is -3.10. The number of carbonyl (C=O) groups excluding carboxylic acids is 1. The summed E-state index contributed by atoms with van der Waals surface area (Å²) in [5.74, 6) is -0.126. The summed E-state index contributed by atoms with van der Waals surface area (Å²) in [6.07, 6.45) is 0. The van der Waals surface area contributed by atoms with Crippen molar-refractivity contribution in [2.24, 2.45) is 0 Å². The topological polar surface area (TPSA) is 65.8 Å². The summed E-state index contributed by atoms with van der Waals surface area (Å²) in [5.41, 5.74) is 3.75. The van der Waals surface area contributed by atoms with Gasteiger partial charge in [0, 0.05) is 22.4 Å². The van der Waals surface area contributed by atoms with E-state index < -0.39 is 5.25 Å². The second kappa shape index (κ2) is 9.15. The number of hydrogen-bond donors (Lipinski definition) is 1. The molecule has 30 heavy (non-hydrogen) atoms. The van der Waals surface area contributed by atoms with Crippen LogP contribution in [0.15, 0.2) is 71.8 Å². The van der Waals surface area contributed by atoms with E-state index in [9.17, 15) is 10.1 Å². The maximum absolute atomic E-state index is 12.7. The van der Waals surface area contributed by atoms with Gasteiger partial charge in [-0.2, -0.15) is 5.26 Å². The summed E-state index contributed by atoms with van der Waals surface area (Å²) in [6, 6.07) is 23.5. The average molecular weight is 416 g/mol.